The van der Waals surface area contributed by atoms with Crippen LogP contribution in [0.2, 0.25) is 0 Å². The third-order valence-electron chi connectivity index (χ3n) is 3.75. The summed E-state index contributed by atoms with van der Waals surface area (Å²) < 4.78 is 5.26. The number of nitro groups is 1. The maximum atomic E-state index is 12.2. The van der Waals surface area contributed by atoms with Crippen LogP contribution < -0.4 is 5.32 Å². The fraction of sp³-hybridized carbons (Fsp3) is 0.500. The lowest BCUT2D eigenvalue weighted by Gasteiger charge is -2.24. The molecule has 1 heterocycles. The van der Waals surface area contributed by atoms with Crippen LogP contribution in [0.5, 0.6) is 0 Å². The van der Waals surface area contributed by atoms with Crippen LogP contribution >= 0.6 is 0 Å². The summed E-state index contributed by atoms with van der Waals surface area (Å²) in [6.45, 7) is 4.66. The van der Waals surface area contributed by atoms with Crippen LogP contribution in [0, 0.1) is 24.0 Å². The molecule has 2 rings (SSSR count). The number of anilines is 1. The van der Waals surface area contributed by atoms with Gasteiger partial charge in [-0.25, -0.2) is 4.79 Å². The zero-order chi connectivity index (χ0) is 15.6. The molecular formula is C14H19N3O4. The molecule has 1 aliphatic heterocycles. The van der Waals surface area contributed by atoms with Gasteiger partial charge in [0.2, 0.25) is 0 Å². The van der Waals surface area contributed by atoms with Gasteiger partial charge in [0.05, 0.1) is 23.3 Å². The van der Waals surface area contributed by atoms with Crippen LogP contribution in [-0.2, 0) is 4.74 Å². The number of nitrogens with one attached hydrogen (secondary N) is 1. The van der Waals surface area contributed by atoms with Crippen LogP contribution in [0.3, 0.4) is 0 Å². The fourth-order valence-corrected chi connectivity index (χ4v) is 2.37. The molecule has 0 aliphatic carbocycles. The van der Waals surface area contributed by atoms with E-state index >= 15 is 0 Å². The Labute approximate surface area is 123 Å². The molecule has 0 saturated carbocycles. The highest BCUT2D eigenvalue weighted by Gasteiger charge is 2.25. The van der Waals surface area contributed by atoms with Crippen LogP contribution in [0.4, 0.5) is 16.2 Å². The predicted octanol–water partition coefficient (Wildman–Crippen LogP) is 2.46. The molecule has 0 aromatic heterocycles. The molecule has 7 nitrogen and oxygen atoms in total. The third-order valence-corrected chi connectivity index (χ3v) is 3.75. The Morgan fingerprint density at radius 2 is 2.14 bits per heavy atom. The molecule has 21 heavy (non-hydrogen) atoms. The van der Waals surface area contributed by atoms with Crippen molar-refractivity contribution < 1.29 is 14.5 Å². The summed E-state index contributed by atoms with van der Waals surface area (Å²) in [5, 5.41) is 13.7. The number of urea groups is 1. The van der Waals surface area contributed by atoms with Crippen molar-refractivity contribution in [2.75, 3.05) is 25.6 Å². The zero-order valence-corrected chi connectivity index (χ0v) is 12.4. The molecule has 1 saturated heterocycles. The highest BCUT2D eigenvalue weighted by Crippen LogP contribution is 2.26. The van der Waals surface area contributed by atoms with Crippen molar-refractivity contribution in [1.29, 1.82) is 0 Å². The summed E-state index contributed by atoms with van der Waals surface area (Å²) in [7, 11) is 1.70. The number of ether oxygens (including phenoxy) is 1. The van der Waals surface area contributed by atoms with E-state index in [0.29, 0.717) is 24.5 Å². The Balaban J connectivity index is 2.16. The molecular weight excluding hydrogens is 274 g/mol. The highest BCUT2D eigenvalue weighted by molar-refractivity contribution is 5.90. The van der Waals surface area contributed by atoms with Gasteiger partial charge in [-0.2, -0.15) is 0 Å². The Morgan fingerprint density at radius 3 is 2.71 bits per heavy atom. The standard InChI is InChI=1S/C14H19N3O4/c1-9-6-10(2)13(17(19)20)7-12(9)15-14(18)16(3)11-4-5-21-8-11/h6-7,11H,4-5,8H2,1-3H3,(H,15,18). The molecule has 1 fully saturated rings. The summed E-state index contributed by atoms with van der Waals surface area (Å²) >= 11 is 0. The van der Waals surface area contributed by atoms with Crippen molar-refractivity contribution in [2.24, 2.45) is 0 Å². The third kappa shape index (κ3) is 3.30. The lowest BCUT2D eigenvalue weighted by atomic mass is 10.1. The first-order valence-electron chi connectivity index (χ1n) is 6.77. The number of benzene rings is 1. The van der Waals surface area contributed by atoms with E-state index in [1.807, 2.05) is 6.92 Å². The average molecular weight is 293 g/mol. The van der Waals surface area contributed by atoms with E-state index in [4.69, 9.17) is 4.74 Å². The van der Waals surface area contributed by atoms with Gasteiger partial charge >= 0.3 is 6.03 Å². The first kappa shape index (κ1) is 15.2. The number of nitrogens with zero attached hydrogens (tertiary/aromatic N) is 2. The van der Waals surface area contributed by atoms with Gasteiger partial charge in [-0.1, -0.05) is 0 Å². The van der Waals surface area contributed by atoms with E-state index < -0.39 is 4.92 Å². The van der Waals surface area contributed by atoms with Gasteiger partial charge < -0.3 is 15.0 Å². The average Bonchev–Trinajstić information content (AvgIpc) is 2.94. The van der Waals surface area contributed by atoms with E-state index in [2.05, 4.69) is 5.32 Å². The van der Waals surface area contributed by atoms with Gasteiger partial charge in [-0.15, -0.1) is 0 Å². The molecule has 2 amide bonds. The lowest BCUT2D eigenvalue weighted by Crippen LogP contribution is -2.40. The summed E-state index contributed by atoms with van der Waals surface area (Å²) in [6, 6.07) is 2.87. The molecule has 1 aromatic carbocycles. The van der Waals surface area contributed by atoms with Crippen molar-refractivity contribution >= 4 is 17.4 Å². The number of carbonyl (C=O) groups is 1. The molecule has 0 spiro atoms. The van der Waals surface area contributed by atoms with E-state index in [9.17, 15) is 14.9 Å². The first-order chi connectivity index (χ1) is 9.90. The topological polar surface area (TPSA) is 84.7 Å². The van der Waals surface area contributed by atoms with Crippen molar-refractivity contribution in [3.05, 3.63) is 33.4 Å². The minimum absolute atomic E-state index is 0.00255. The van der Waals surface area contributed by atoms with Gasteiger partial charge in [-0.3, -0.25) is 10.1 Å². The first-order valence-corrected chi connectivity index (χ1v) is 6.77. The minimum atomic E-state index is -0.445. The maximum absolute atomic E-state index is 12.2. The predicted molar refractivity (Wildman–Crippen MR) is 78.6 cm³/mol. The largest absolute Gasteiger partial charge is 0.379 e. The highest BCUT2D eigenvalue weighted by atomic mass is 16.6. The van der Waals surface area contributed by atoms with Crippen molar-refractivity contribution in [3.63, 3.8) is 0 Å². The van der Waals surface area contributed by atoms with E-state index in [1.165, 1.54) is 6.07 Å². The van der Waals surface area contributed by atoms with Crippen LogP contribution in [-0.4, -0.2) is 42.2 Å². The smallest absolute Gasteiger partial charge is 0.321 e. The molecule has 1 atom stereocenters. The second-order valence-electron chi connectivity index (χ2n) is 5.27. The van der Waals surface area contributed by atoms with Crippen molar-refractivity contribution in [1.82, 2.24) is 4.90 Å². The molecule has 1 N–H and O–H groups in total. The Morgan fingerprint density at radius 1 is 1.43 bits per heavy atom. The maximum Gasteiger partial charge on any atom is 0.321 e. The van der Waals surface area contributed by atoms with Crippen LogP contribution in [0.25, 0.3) is 0 Å². The monoisotopic (exact) mass is 293 g/mol. The molecule has 1 unspecified atom stereocenters. The van der Waals surface area contributed by atoms with E-state index in [-0.39, 0.29) is 17.8 Å². The molecule has 7 heteroatoms. The molecule has 1 aliphatic rings. The van der Waals surface area contributed by atoms with E-state index in [1.54, 1.807) is 24.9 Å². The number of rotatable bonds is 3. The number of aryl methyl sites for hydroxylation is 2. The number of carbonyl (C=O) groups excluding carboxylic acids is 1. The number of amides is 2. The van der Waals surface area contributed by atoms with Crippen molar-refractivity contribution in [3.8, 4) is 0 Å². The number of nitro benzene ring substituents is 1. The minimum Gasteiger partial charge on any atom is -0.379 e. The van der Waals surface area contributed by atoms with Gasteiger partial charge in [0.1, 0.15) is 0 Å². The normalized spacial score (nSPS) is 17.6. The van der Waals surface area contributed by atoms with Crippen molar-refractivity contribution in [2.45, 2.75) is 26.3 Å². The number of likely N-dealkylation sites (N-methyl/N-ethyl adjacent to an activating group) is 1. The summed E-state index contributed by atoms with van der Waals surface area (Å²) in [6.07, 6.45) is 0.803. The molecule has 114 valence electrons. The molecule has 1 aromatic rings. The van der Waals surface area contributed by atoms with Gasteiger partial charge in [-0.05, 0) is 31.9 Å². The number of hydrogen-bond acceptors (Lipinski definition) is 4. The SMILES string of the molecule is Cc1cc(C)c([N+](=O)[O-])cc1NC(=O)N(C)C1CCOC1. The van der Waals surface area contributed by atoms with Crippen LogP contribution in [0.1, 0.15) is 17.5 Å². The summed E-state index contributed by atoms with van der Waals surface area (Å²) in [5.41, 5.74) is 1.83. The lowest BCUT2D eigenvalue weighted by molar-refractivity contribution is -0.385. The second kappa shape index (κ2) is 6.09. The van der Waals surface area contributed by atoms with Gasteiger partial charge in [0.25, 0.3) is 5.69 Å². The summed E-state index contributed by atoms with van der Waals surface area (Å²) in [4.78, 5) is 24.3. The summed E-state index contributed by atoms with van der Waals surface area (Å²) in [5.74, 6) is 0. The fourth-order valence-electron chi connectivity index (χ4n) is 2.37. The molecule has 0 radical (unpaired) electrons. The van der Waals surface area contributed by atoms with Gasteiger partial charge in [0.15, 0.2) is 0 Å². The second-order valence-corrected chi connectivity index (χ2v) is 5.27. The van der Waals surface area contributed by atoms with Gasteiger partial charge in [0, 0.05) is 25.3 Å². The van der Waals surface area contributed by atoms with Crippen LogP contribution in [0.15, 0.2) is 12.1 Å². The Kier molecular flexibility index (Phi) is 4.42. The molecule has 0 bridgehead atoms. The number of hydrogen-bond donors (Lipinski definition) is 1. The Hall–Kier alpha value is -2.15. The Bertz CT molecular complexity index is 568. The quantitative estimate of drug-likeness (QED) is 0.685. The van der Waals surface area contributed by atoms with E-state index in [0.717, 1.165) is 12.0 Å². The zero-order valence-electron chi connectivity index (χ0n) is 12.4.